The van der Waals surface area contributed by atoms with Gasteiger partial charge in [-0.15, -0.1) is 0 Å². The number of nitrogens with zero attached hydrogens (tertiary/aromatic N) is 1. The number of carbonyl (C=O) groups excluding carboxylic acids is 1. The Labute approximate surface area is 122 Å². The van der Waals surface area contributed by atoms with E-state index in [4.69, 9.17) is 17.3 Å². The molecule has 1 amide bonds. The van der Waals surface area contributed by atoms with Crippen molar-refractivity contribution in [2.24, 2.45) is 0 Å². The number of pyridine rings is 1. The zero-order valence-corrected chi connectivity index (χ0v) is 11.5. The van der Waals surface area contributed by atoms with Gasteiger partial charge in [0.1, 0.15) is 10.8 Å². The fraction of sp³-hybridized carbons (Fsp3) is 0.200. The van der Waals surface area contributed by atoms with Crippen LogP contribution in [0.3, 0.4) is 0 Å². The Hall–Kier alpha value is -2.07. The molecular weight excluding hydrogens is 274 g/mol. The van der Waals surface area contributed by atoms with Gasteiger partial charge in [-0.25, -0.2) is 4.98 Å². The van der Waals surface area contributed by atoms with Crippen LogP contribution in [-0.4, -0.2) is 16.9 Å². The normalized spacial score (nSPS) is 14.1. The quantitative estimate of drug-likeness (QED) is 0.832. The van der Waals surface area contributed by atoms with Crippen molar-refractivity contribution >= 4 is 23.2 Å². The Morgan fingerprint density at radius 3 is 2.50 bits per heavy atom. The summed E-state index contributed by atoms with van der Waals surface area (Å²) in [4.78, 5) is 16.2. The first-order valence-corrected chi connectivity index (χ1v) is 6.80. The number of nitrogens with one attached hydrogen (secondary N) is 1. The van der Waals surface area contributed by atoms with E-state index in [1.165, 1.54) is 23.3 Å². The van der Waals surface area contributed by atoms with E-state index in [2.05, 4.69) is 22.4 Å². The number of rotatable bonds is 2. The number of aromatic nitrogens is 1. The molecule has 0 fully saturated rings. The lowest BCUT2D eigenvalue weighted by Crippen LogP contribution is -2.35. The van der Waals surface area contributed by atoms with Crippen LogP contribution in [0.5, 0.6) is 0 Å². The first kappa shape index (κ1) is 12.9. The number of amides is 1. The minimum atomic E-state index is -0.239. The van der Waals surface area contributed by atoms with Crippen LogP contribution in [0.1, 0.15) is 21.6 Å². The van der Waals surface area contributed by atoms with Gasteiger partial charge in [-0.1, -0.05) is 35.9 Å². The van der Waals surface area contributed by atoms with E-state index < -0.39 is 0 Å². The Kier molecular flexibility index (Phi) is 3.32. The second-order valence-electron chi connectivity index (χ2n) is 4.96. The summed E-state index contributed by atoms with van der Waals surface area (Å²) >= 11 is 5.81. The van der Waals surface area contributed by atoms with Crippen LogP contribution in [0.4, 0.5) is 5.69 Å². The Bertz CT molecular complexity index is 627. The van der Waals surface area contributed by atoms with Crippen molar-refractivity contribution in [1.29, 1.82) is 0 Å². The summed E-state index contributed by atoms with van der Waals surface area (Å²) < 4.78 is 0. The molecule has 0 spiro atoms. The third-order valence-electron chi connectivity index (χ3n) is 3.44. The highest BCUT2D eigenvalue weighted by molar-refractivity contribution is 6.29. The van der Waals surface area contributed by atoms with E-state index in [-0.39, 0.29) is 22.8 Å². The zero-order valence-electron chi connectivity index (χ0n) is 10.8. The molecule has 0 saturated heterocycles. The van der Waals surface area contributed by atoms with Crippen LogP contribution in [-0.2, 0) is 12.8 Å². The maximum Gasteiger partial charge on any atom is 0.270 e. The predicted octanol–water partition coefficient (Wildman–Crippen LogP) is 2.21. The number of hydrogen-bond acceptors (Lipinski definition) is 3. The standard InChI is InChI=1S/C15H14ClN3O/c16-14-8-11(17)7-13(19-14)15(20)18-12-5-9-3-1-2-4-10(9)6-12/h1-4,7-8,12H,5-6H2,(H2,17,19)(H,18,20). The summed E-state index contributed by atoms with van der Waals surface area (Å²) in [5.74, 6) is -0.239. The van der Waals surface area contributed by atoms with Crippen molar-refractivity contribution in [3.05, 3.63) is 58.4 Å². The van der Waals surface area contributed by atoms with Crippen LogP contribution in [0.2, 0.25) is 5.15 Å². The van der Waals surface area contributed by atoms with Crippen LogP contribution in [0.25, 0.3) is 0 Å². The molecule has 2 aromatic rings. The molecule has 1 aromatic heterocycles. The van der Waals surface area contributed by atoms with Gasteiger partial charge in [-0.2, -0.15) is 0 Å². The highest BCUT2D eigenvalue weighted by Crippen LogP contribution is 2.22. The number of nitrogen functional groups attached to an aromatic ring is 1. The fourth-order valence-electron chi connectivity index (χ4n) is 2.55. The molecule has 0 bridgehead atoms. The molecule has 3 rings (SSSR count). The van der Waals surface area contributed by atoms with Gasteiger partial charge in [0, 0.05) is 11.7 Å². The second-order valence-corrected chi connectivity index (χ2v) is 5.34. The highest BCUT2D eigenvalue weighted by Gasteiger charge is 2.23. The van der Waals surface area contributed by atoms with Crippen LogP contribution >= 0.6 is 11.6 Å². The first-order chi connectivity index (χ1) is 9.61. The van der Waals surface area contributed by atoms with Gasteiger partial charge < -0.3 is 11.1 Å². The largest absolute Gasteiger partial charge is 0.399 e. The molecule has 0 aliphatic heterocycles. The lowest BCUT2D eigenvalue weighted by Gasteiger charge is -2.12. The fourth-order valence-corrected chi connectivity index (χ4v) is 2.77. The molecule has 1 aromatic carbocycles. The van der Waals surface area contributed by atoms with E-state index in [1.54, 1.807) is 0 Å². The van der Waals surface area contributed by atoms with Crippen LogP contribution in [0, 0.1) is 0 Å². The molecule has 0 saturated carbocycles. The van der Waals surface area contributed by atoms with E-state index in [0.29, 0.717) is 5.69 Å². The molecule has 3 N–H and O–H groups in total. The number of halogens is 1. The first-order valence-electron chi connectivity index (χ1n) is 6.42. The monoisotopic (exact) mass is 287 g/mol. The zero-order chi connectivity index (χ0) is 14.1. The van der Waals surface area contributed by atoms with Gasteiger partial charge in [-0.3, -0.25) is 4.79 Å². The third kappa shape index (κ3) is 2.60. The topological polar surface area (TPSA) is 68.0 Å². The van der Waals surface area contributed by atoms with Gasteiger partial charge in [0.05, 0.1) is 0 Å². The average Bonchev–Trinajstić information content (AvgIpc) is 2.79. The molecule has 5 heteroatoms. The smallest absolute Gasteiger partial charge is 0.270 e. The minimum Gasteiger partial charge on any atom is -0.399 e. The second kappa shape index (κ2) is 5.13. The Balaban J connectivity index is 1.72. The SMILES string of the molecule is Nc1cc(Cl)nc(C(=O)NC2Cc3ccccc3C2)c1. The highest BCUT2D eigenvalue weighted by atomic mass is 35.5. The van der Waals surface area contributed by atoms with Gasteiger partial charge >= 0.3 is 0 Å². The maximum atomic E-state index is 12.2. The molecule has 0 unspecified atom stereocenters. The summed E-state index contributed by atoms with van der Waals surface area (Å²) in [5, 5.41) is 3.21. The van der Waals surface area contributed by atoms with Crippen LogP contribution in [0.15, 0.2) is 36.4 Å². The molecule has 0 radical (unpaired) electrons. The van der Waals surface area contributed by atoms with E-state index in [1.807, 2.05) is 12.1 Å². The minimum absolute atomic E-state index is 0.0990. The molecule has 1 aliphatic carbocycles. The molecular formula is C15H14ClN3O. The summed E-state index contributed by atoms with van der Waals surface area (Å²) in [6.45, 7) is 0. The Morgan fingerprint density at radius 1 is 1.25 bits per heavy atom. The lowest BCUT2D eigenvalue weighted by molar-refractivity contribution is 0.0933. The van der Waals surface area contributed by atoms with Crippen molar-refractivity contribution in [2.45, 2.75) is 18.9 Å². The third-order valence-corrected chi connectivity index (χ3v) is 3.63. The number of hydrogen-bond donors (Lipinski definition) is 2. The Morgan fingerprint density at radius 2 is 1.90 bits per heavy atom. The van der Waals surface area contributed by atoms with Crippen molar-refractivity contribution in [2.75, 3.05) is 5.73 Å². The molecule has 1 aliphatic rings. The van der Waals surface area contributed by atoms with E-state index in [9.17, 15) is 4.79 Å². The van der Waals surface area contributed by atoms with Crippen molar-refractivity contribution in [3.8, 4) is 0 Å². The number of nitrogens with two attached hydrogens (primary N) is 1. The summed E-state index contributed by atoms with van der Waals surface area (Å²) in [5.41, 5.74) is 8.94. The van der Waals surface area contributed by atoms with Crippen LogP contribution < -0.4 is 11.1 Å². The molecule has 20 heavy (non-hydrogen) atoms. The predicted molar refractivity (Wildman–Crippen MR) is 78.8 cm³/mol. The van der Waals surface area contributed by atoms with Crippen molar-refractivity contribution < 1.29 is 4.79 Å². The number of fused-ring (bicyclic) bond motifs is 1. The van der Waals surface area contributed by atoms with Gasteiger partial charge in [0.2, 0.25) is 0 Å². The van der Waals surface area contributed by atoms with E-state index >= 15 is 0 Å². The number of anilines is 1. The molecule has 0 atom stereocenters. The van der Waals surface area contributed by atoms with Gasteiger partial charge in [0.15, 0.2) is 0 Å². The van der Waals surface area contributed by atoms with E-state index in [0.717, 1.165) is 12.8 Å². The summed E-state index contributed by atoms with van der Waals surface area (Å²) in [6.07, 6.45) is 1.69. The average molecular weight is 288 g/mol. The summed E-state index contributed by atoms with van der Waals surface area (Å²) in [7, 11) is 0. The molecule has 102 valence electrons. The van der Waals surface area contributed by atoms with Gasteiger partial charge in [0.25, 0.3) is 5.91 Å². The molecule has 4 nitrogen and oxygen atoms in total. The summed E-state index contributed by atoms with van der Waals surface area (Å²) in [6, 6.07) is 11.4. The van der Waals surface area contributed by atoms with Gasteiger partial charge in [-0.05, 0) is 36.1 Å². The lowest BCUT2D eigenvalue weighted by atomic mass is 10.1. The van der Waals surface area contributed by atoms with Crippen molar-refractivity contribution in [3.63, 3.8) is 0 Å². The maximum absolute atomic E-state index is 12.2. The molecule has 1 heterocycles. The number of benzene rings is 1. The van der Waals surface area contributed by atoms with Crippen molar-refractivity contribution in [1.82, 2.24) is 10.3 Å². The number of carbonyl (C=O) groups is 1.